The molecule has 0 N–H and O–H groups in total. The van der Waals surface area contributed by atoms with E-state index < -0.39 is 0 Å². The number of halogens is 3. The molecule has 0 aliphatic heterocycles. The summed E-state index contributed by atoms with van der Waals surface area (Å²) in [5, 5.41) is 0. The molecule has 3 rings (SSSR count). The quantitative estimate of drug-likeness (QED) is 0.428. The van der Waals surface area contributed by atoms with Gasteiger partial charge in [0.15, 0.2) is 0 Å². The summed E-state index contributed by atoms with van der Waals surface area (Å²) >= 11 is 2.35. The van der Waals surface area contributed by atoms with Gasteiger partial charge in [0.1, 0.15) is 0 Å². The minimum Gasteiger partial charge on any atom is -1.00 e. The third-order valence-corrected chi connectivity index (χ3v) is 7.17. The van der Waals surface area contributed by atoms with E-state index in [9.17, 15) is 0 Å². The molecule has 1 unspecified atom stereocenters. The fourth-order valence-electron chi connectivity index (χ4n) is 4.81. The van der Waals surface area contributed by atoms with Gasteiger partial charge in [-0.1, -0.05) is 0 Å². The van der Waals surface area contributed by atoms with Gasteiger partial charge >= 0.3 is 178 Å². The maximum Gasteiger partial charge on any atom is -1.00 e. The summed E-state index contributed by atoms with van der Waals surface area (Å²) in [6.45, 7) is 11.8. The second-order valence-corrected chi connectivity index (χ2v) is 9.54. The second kappa shape index (κ2) is 11.9. The van der Waals surface area contributed by atoms with E-state index in [1.165, 1.54) is 21.4 Å². The largest absolute Gasteiger partial charge is 1.00 e. The normalized spacial score (nSPS) is 14.8. The third-order valence-electron chi connectivity index (χ3n) is 6.25. The molecule has 1 aliphatic carbocycles. The van der Waals surface area contributed by atoms with E-state index in [1.54, 1.807) is 11.1 Å². The van der Waals surface area contributed by atoms with Crippen LogP contribution in [-0.2, 0) is 25.9 Å². The molecule has 4 heteroatoms. The summed E-state index contributed by atoms with van der Waals surface area (Å²) in [5.41, 5.74) is 5.83. The summed E-state index contributed by atoms with van der Waals surface area (Å²) in [5.74, 6) is 0.617. The molecule has 0 spiro atoms. The van der Waals surface area contributed by atoms with E-state index >= 15 is 0 Å². The standard InChI is InChI=1S/C26H31.3ClH.Ti/c1-6-20(2)21-17-18-24(19-21)26(25(3,4)5,22-13-9-7-10-14-22)23-15-11-8-12-16-23;;;;/h7-17,20H,6,18H2,1-5H3;3*1H;/q;;;;+3/p-3. The predicted molar refractivity (Wildman–Crippen MR) is 112 cm³/mol. The van der Waals surface area contributed by atoms with E-state index in [0.29, 0.717) is 5.92 Å². The van der Waals surface area contributed by atoms with Crippen molar-refractivity contribution in [3.63, 3.8) is 0 Å². The average molecular weight is 498 g/mol. The second-order valence-electron chi connectivity index (χ2n) is 8.76. The van der Waals surface area contributed by atoms with Gasteiger partial charge < -0.3 is 37.2 Å². The zero-order valence-electron chi connectivity index (χ0n) is 18.5. The number of allylic oxidation sites excluding steroid dienone is 4. The SMILES string of the molecule is CCC(C)C1=CCC(C(c2ccccc2)(c2ccccc2)C(C)(C)C)=[C]1[Ti+3].[Cl-].[Cl-].[Cl-]. The maximum atomic E-state index is 2.49. The molecule has 160 valence electrons. The van der Waals surface area contributed by atoms with Crippen molar-refractivity contribution in [1.82, 2.24) is 0 Å². The Kier molecular flexibility index (Phi) is 11.7. The Bertz CT molecular complexity index is 809. The van der Waals surface area contributed by atoms with E-state index in [2.05, 4.69) is 122 Å². The van der Waals surface area contributed by atoms with Gasteiger partial charge in [0.25, 0.3) is 0 Å². The van der Waals surface area contributed by atoms with Crippen LogP contribution in [0.15, 0.2) is 81.8 Å². The van der Waals surface area contributed by atoms with Crippen LogP contribution >= 0.6 is 0 Å². The first-order chi connectivity index (χ1) is 12.8. The molecule has 0 heterocycles. The van der Waals surface area contributed by atoms with Crippen molar-refractivity contribution in [2.24, 2.45) is 11.3 Å². The van der Waals surface area contributed by atoms with Crippen molar-refractivity contribution in [3.8, 4) is 0 Å². The van der Waals surface area contributed by atoms with E-state index in [-0.39, 0.29) is 48.1 Å². The Morgan fingerprint density at radius 3 is 1.63 bits per heavy atom. The summed E-state index contributed by atoms with van der Waals surface area (Å²) < 4.78 is 1.51. The number of hydrogen-bond acceptors (Lipinski definition) is 0. The molecule has 0 radical (unpaired) electrons. The zero-order valence-corrected chi connectivity index (χ0v) is 22.3. The Labute approximate surface area is 213 Å². The van der Waals surface area contributed by atoms with Gasteiger partial charge in [-0.25, -0.2) is 0 Å². The van der Waals surface area contributed by atoms with Crippen LogP contribution in [-0.4, -0.2) is 0 Å². The average Bonchev–Trinajstić information content (AvgIpc) is 3.04. The van der Waals surface area contributed by atoms with Crippen LogP contribution in [0.25, 0.3) is 0 Å². The van der Waals surface area contributed by atoms with Crippen LogP contribution in [0.1, 0.15) is 58.6 Å². The Morgan fingerprint density at radius 1 is 0.833 bits per heavy atom. The van der Waals surface area contributed by atoms with Crippen LogP contribution < -0.4 is 37.2 Å². The Morgan fingerprint density at radius 2 is 1.27 bits per heavy atom. The van der Waals surface area contributed by atoms with Crippen LogP contribution in [0.3, 0.4) is 0 Å². The molecular weight excluding hydrogens is 467 g/mol. The Hall–Kier alpha value is -0.496. The van der Waals surface area contributed by atoms with Crippen molar-refractivity contribution in [2.45, 2.75) is 52.9 Å². The van der Waals surface area contributed by atoms with Crippen LogP contribution in [0.5, 0.6) is 0 Å². The van der Waals surface area contributed by atoms with Crippen molar-refractivity contribution in [1.29, 1.82) is 0 Å². The van der Waals surface area contributed by atoms with Crippen molar-refractivity contribution in [3.05, 3.63) is 92.9 Å². The molecule has 0 aromatic heterocycles. The molecule has 0 fully saturated rings. The summed E-state index contributed by atoms with van der Waals surface area (Å²) in [6, 6.07) is 22.3. The van der Waals surface area contributed by atoms with Gasteiger partial charge in [0.05, 0.1) is 0 Å². The van der Waals surface area contributed by atoms with Gasteiger partial charge in [-0.3, -0.25) is 0 Å². The molecule has 0 saturated heterocycles. The number of hydrogen-bond donors (Lipinski definition) is 0. The molecule has 0 saturated carbocycles. The van der Waals surface area contributed by atoms with Crippen molar-refractivity contribution in [2.75, 3.05) is 0 Å². The van der Waals surface area contributed by atoms with Crippen molar-refractivity contribution >= 4 is 0 Å². The summed E-state index contributed by atoms with van der Waals surface area (Å²) in [4.78, 5) is 0. The summed E-state index contributed by atoms with van der Waals surface area (Å²) in [6.07, 6.45) is 4.73. The maximum absolute atomic E-state index is 2.49. The first-order valence-corrected chi connectivity index (χ1v) is 10.9. The van der Waals surface area contributed by atoms with E-state index in [4.69, 9.17) is 0 Å². The molecule has 30 heavy (non-hydrogen) atoms. The minimum atomic E-state index is -0.134. The molecule has 0 nitrogen and oxygen atoms in total. The third kappa shape index (κ3) is 5.11. The monoisotopic (exact) mass is 496 g/mol. The van der Waals surface area contributed by atoms with Gasteiger partial charge in [0.2, 0.25) is 0 Å². The fourth-order valence-corrected chi connectivity index (χ4v) is 5.80. The van der Waals surface area contributed by atoms with Crippen LogP contribution in [0.2, 0.25) is 0 Å². The molecular formula is C26H31Cl3Ti. The van der Waals surface area contributed by atoms with Crippen LogP contribution in [0.4, 0.5) is 0 Å². The van der Waals surface area contributed by atoms with Crippen molar-refractivity contribution < 1.29 is 57.7 Å². The topological polar surface area (TPSA) is 0 Å². The molecule has 0 bridgehead atoms. The fraction of sp³-hybridized carbons (Fsp3) is 0.385. The smallest absolute Gasteiger partial charge is 1.00 e. The molecule has 2 aromatic rings. The molecule has 1 aliphatic rings. The first-order valence-electron chi connectivity index (χ1n) is 10.1. The van der Waals surface area contributed by atoms with Gasteiger partial charge in [-0.2, -0.15) is 0 Å². The van der Waals surface area contributed by atoms with Crippen LogP contribution in [0, 0.1) is 11.3 Å². The zero-order chi connectivity index (χ0) is 19.7. The van der Waals surface area contributed by atoms with E-state index in [0.717, 1.165) is 6.42 Å². The predicted octanol–water partition coefficient (Wildman–Crippen LogP) is -1.79. The molecule has 2 aromatic carbocycles. The van der Waals surface area contributed by atoms with Gasteiger partial charge in [-0.05, 0) is 0 Å². The Balaban J connectivity index is 0.00000280. The summed E-state index contributed by atoms with van der Waals surface area (Å²) in [7, 11) is 0. The van der Waals surface area contributed by atoms with Gasteiger partial charge in [0, 0.05) is 0 Å². The number of benzene rings is 2. The first kappa shape index (κ1) is 29.5. The van der Waals surface area contributed by atoms with E-state index in [1.807, 2.05) is 0 Å². The molecule has 1 atom stereocenters. The van der Waals surface area contributed by atoms with Gasteiger partial charge in [-0.15, -0.1) is 0 Å². The minimum absolute atomic E-state index is 0. The molecule has 0 amide bonds. The number of rotatable bonds is 5.